The molecule has 0 aromatic carbocycles. The Morgan fingerprint density at radius 2 is 2.00 bits per heavy atom. The SMILES string of the molecule is CCC(CN)Cc1nc(C2(OC)CCCCCC2)no1. The minimum Gasteiger partial charge on any atom is -0.370 e. The van der Waals surface area contributed by atoms with Crippen molar-refractivity contribution in [2.45, 2.75) is 63.9 Å². The number of hydrogen-bond acceptors (Lipinski definition) is 5. The van der Waals surface area contributed by atoms with Gasteiger partial charge in [-0.1, -0.05) is 44.2 Å². The monoisotopic (exact) mass is 281 g/mol. The fraction of sp³-hybridized carbons (Fsp3) is 0.867. The van der Waals surface area contributed by atoms with Crippen molar-refractivity contribution in [3.8, 4) is 0 Å². The van der Waals surface area contributed by atoms with E-state index < -0.39 is 0 Å². The average Bonchev–Trinajstić information content (AvgIpc) is 2.81. The Kier molecular flexibility index (Phi) is 5.54. The summed E-state index contributed by atoms with van der Waals surface area (Å²) in [6.07, 6.45) is 8.62. The van der Waals surface area contributed by atoms with Crippen molar-refractivity contribution in [2.75, 3.05) is 13.7 Å². The molecule has 1 aromatic rings. The second-order valence-electron chi connectivity index (χ2n) is 5.84. The van der Waals surface area contributed by atoms with Gasteiger partial charge in [0.15, 0.2) is 0 Å². The van der Waals surface area contributed by atoms with Gasteiger partial charge in [0.05, 0.1) is 0 Å². The third-order valence-electron chi connectivity index (χ3n) is 4.55. The van der Waals surface area contributed by atoms with Gasteiger partial charge in [0, 0.05) is 13.5 Å². The van der Waals surface area contributed by atoms with Crippen LogP contribution in [0.15, 0.2) is 4.52 Å². The van der Waals surface area contributed by atoms with Crippen molar-refractivity contribution < 1.29 is 9.26 Å². The van der Waals surface area contributed by atoms with E-state index in [1.54, 1.807) is 7.11 Å². The first-order valence-electron chi connectivity index (χ1n) is 7.82. The number of hydrogen-bond donors (Lipinski definition) is 1. The quantitative estimate of drug-likeness (QED) is 0.812. The molecule has 1 aromatic heterocycles. The molecule has 0 radical (unpaired) electrons. The number of aromatic nitrogens is 2. The van der Waals surface area contributed by atoms with Gasteiger partial charge in [-0.05, 0) is 25.3 Å². The van der Waals surface area contributed by atoms with Crippen molar-refractivity contribution in [1.29, 1.82) is 0 Å². The van der Waals surface area contributed by atoms with Crippen molar-refractivity contribution in [3.05, 3.63) is 11.7 Å². The van der Waals surface area contributed by atoms with Crippen LogP contribution in [0.5, 0.6) is 0 Å². The van der Waals surface area contributed by atoms with E-state index in [0.29, 0.717) is 18.4 Å². The summed E-state index contributed by atoms with van der Waals surface area (Å²) in [6.45, 7) is 2.79. The van der Waals surface area contributed by atoms with Gasteiger partial charge in [-0.15, -0.1) is 0 Å². The molecule has 1 aliphatic rings. The molecule has 1 unspecified atom stereocenters. The third kappa shape index (κ3) is 3.38. The number of nitrogens with two attached hydrogens (primary N) is 1. The van der Waals surface area contributed by atoms with Gasteiger partial charge in [-0.25, -0.2) is 0 Å². The Bertz CT molecular complexity index is 394. The molecule has 2 rings (SSSR count). The van der Waals surface area contributed by atoms with Crippen LogP contribution in [0.4, 0.5) is 0 Å². The molecule has 5 heteroatoms. The maximum atomic E-state index is 5.81. The molecule has 0 amide bonds. The summed E-state index contributed by atoms with van der Waals surface area (Å²) in [5.74, 6) is 1.83. The van der Waals surface area contributed by atoms with E-state index in [1.807, 2.05) is 0 Å². The highest BCUT2D eigenvalue weighted by molar-refractivity contribution is 5.03. The highest BCUT2D eigenvalue weighted by Crippen LogP contribution is 2.37. The van der Waals surface area contributed by atoms with Gasteiger partial charge in [0.1, 0.15) is 5.60 Å². The molecular formula is C15H27N3O2. The van der Waals surface area contributed by atoms with Crippen LogP contribution in [-0.4, -0.2) is 23.8 Å². The number of ether oxygens (including phenoxy) is 1. The topological polar surface area (TPSA) is 74.2 Å². The smallest absolute Gasteiger partial charge is 0.227 e. The van der Waals surface area contributed by atoms with Crippen LogP contribution in [0.1, 0.15) is 63.6 Å². The Balaban J connectivity index is 2.12. The number of nitrogens with zero attached hydrogens (tertiary/aromatic N) is 2. The van der Waals surface area contributed by atoms with Gasteiger partial charge in [-0.3, -0.25) is 0 Å². The molecule has 1 fully saturated rings. The molecule has 1 saturated carbocycles. The van der Waals surface area contributed by atoms with E-state index in [2.05, 4.69) is 17.1 Å². The maximum absolute atomic E-state index is 5.81. The van der Waals surface area contributed by atoms with Crippen molar-refractivity contribution in [1.82, 2.24) is 10.1 Å². The van der Waals surface area contributed by atoms with E-state index in [-0.39, 0.29) is 5.60 Å². The van der Waals surface area contributed by atoms with Crippen LogP contribution in [0.2, 0.25) is 0 Å². The first-order chi connectivity index (χ1) is 9.74. The van der Waals surface area contributed by atoms with Crippen LogP contribution in [0.3, 0.4) is 0 Å². The highest BCUT2D eigenvalue weighted by Gasteiger charge is 2.37. The highest BCUT2D eigenvalue weighted by atomic mass is 16.5. The fourth-order valence-electron chi connectivity index (χ4n) is 2.98. The van der Waals surface area contributed by atoms with E-state index in [4.69, 9.17) is 15.0 Å². The number of rotatable bonds is 6. The molecule has 0 aliphatic heterocycles. The Morgan fingerprint density at radius 1 is 1.30 bits per heavy atom. The second-order valence-corrected chi connectivity index (χ2v) is 5.84. The predicted octanol–water partition coefficient (Wildman–Crippen LogP) is 2.79. The molecule has 2 N–H and O–H groups in total. The standard InChI is InChI=1S/C15H27N3O2/c1-3-12(11-16)10-13-17-14(18-20-13)15(19-2)8-6-4-5-7-9-15/h12H,3-11,16H2,1-2H3. The van der Waals surface area contributed by atoms with E-state index in [9.17, 15) is 0 Å². The third-order valence-corrected chi connectivity index (χ3v) is 4.55. The van der Waals surface area contributed by atoms with Gasteiger partial charge in [0.25, 0.3) is 0 Å². The molecule has 0 spiro atoms. The first kappa shape index (κ1) is 15.4. The van der Waals surface area contributed by atoms with Crippen LogP contribution in [-0.2, 0) is 16.8 Å². The van der Waals surface area contributed by atoms with Gasteiger partial charge < -0.3 is 15.0 Å². The Hall–Kier alpha value is -0.940. The molecule has 5 nitrogen and oxygen atoms in total. The lowest BCUT2D eigenvalue weighted by molar-refractivity contribution is -0.0365. The fourth-order valence-corrected chi connectivity index (χ4v) is 2.98. The van der Waals surface area contributed by atoms with Crippen molar-refractivity contribution >= 4 is 0 Å². The Labute approximate surface area is 121 Å². The lowest BCUT2D eigenvalue weighted by atomic mass is 9.93. The van der Waals surface area contributed by atoms with E-state index in [1.165, 1.54) is 12.8 Å². The summed E-state index contributed by atoms with van der Waals surface area (Å²) >= 11 is 0. The molecule has 114 valence electrons. The molecule has 1 atom stereocenters. The number of methoxy groups -OCH3 is 1. The van der Waals surface area contributed by atoms with E-state index in [0.717, 1.165) is 44.3 Å². The predicted molar refractivity (Wildman–Crippen MR) is 77.2 cm³/mol. The van der Waals surface area contributed by atoms with Crippen LogP contribution in [0, 0.1) is 5.92 Å². The summed E-state index contributed by atoms with van der Waals surface area (Å²) in [7, 11) is 1.76. The zero-order chi connectivity index (χ0) is 14.4. The molecular weight excluding hydrogens is 254 g/mol. The zero-order valence-electron chi connectivity index (χ0n) is 12.7. The lowest BCUT2D eigenvalue weighted by Crippen LogP contribution is -2.29. The van der Waals surface area contributed by atoms with Crippen LogP contribution in [0.25, 0.3) is 0 Å². The summed E-state index contributed by atoms with van der Waals surface area (Å²) < 4.78 is 11.2. The Morgan fingerprint density at radius 3 is 2.55 bits per heavy atom. The summed E-state index contributed by atoms with van der Waals surface area (Å²) in [6, 6.07) is 0. The first-order valence-corrected chi connectivity index (χ1v) is 7.82. The molecule has 20 heavy (non-hydrogen) atoms. The molecule has 1 heterocycles. The summed E-state index contributed by atoms with van der Waals surface area (Å²) in [4.78, 5) is 4.60. The normalized spacial score (nSPS) is 20.6. The maximum Gasteiger partial charge on any atom is 0.227 e. The second kappa shape index (κ2) is 7.18. The van der Waals surface area contributed by atoms with Gasteiger partial charge in [-0.2, -0.15) is 4.98 Å². The zero-order valence-corrected chi connectivity index (χ0v) is 12.7. The van der Waals surface area contributed by atoms with Crippen molar-refractivity contribution in [2.24, 2.45) is 11.7 Å². The average molecular weight is 281 g/mol. The summed E-state index contributed by atoms with van der Waals surface area (Å²) in [5, 5.41) is 4.19. The molecule has 1 aliphatic carbocycles. The minimum absolute atomic E-state index is 0.345. The lowest BCUT2D eigenvalue weighted by Gasteiger charge is -2.27. The largest absolute Gasteiger partial charge is 0.370 e. The van der Waals surface area contributed by atoms with E-state index >= 15 is 0 Å². The summed E-state index contributed by atoms with van der Waals surface area (Å²) in [5.41, 5.74) is 5.39. The van der Waals surface area contributed by atoms with Crippen LogP contribution < -0.4 is 5.73 Å². The van der Waals surface area contributed by atoms with Gasteiger partial charge in [0.2, 0.25) is 11.7 Å². The van der Waals surface area contributed by atoms with Gasteiger partial charge >= 0.3 is 0 Å². The van der Waals surface area contributed by atoms with Crippen LogP contribution >= 0.6 is 0 Å². The molecule has 0 bridgehead atoms. The minimum atomic E-state index is -0.345. The van der Waals surface area contributed by atoms with Crippen molar-refractivity contribution in [3.63, 3.8) is 0 Å². The molecule has 0 saturated heterocycles.